The number of nitrogens with zero attached hydrogens (tertiary/aromatic N) is 1. The first-order valence-corrected chi connectivity index (χ1v) is 11.5. The Morgan fingerprint density at radius 3 is 2.55 bits per heavy atom. The van der Waals surface area contributed by atoms with E-state index in [1.165, 1.54) is 41.8 Å². The lowest BCUT2D eigenvalue weighted by Crippen LogP contribution is -2.43. The molecule has 1 saturated heterocycles. The molecule has 1 aromatic carbocycles. The number of thiophene rings is 1. The molecule has 0 aliphatic carbocycles. The van der Waals surface area contributed by atoms with Crippen LogP contribution in [-0.2, 0) is 14.8 Å². The molecule has 0 unspecified atom stereocenters. The van der Waals surface area contributed by atoms with Gasteiger partial charge in [-0.3, -0.25) is 9.59 Å². The second kappa shape index (κ2) is 8.64. The average molecular weight is 438 g/mol. The van der Waals surface area contributed by atoms with Gasteiger partial charge in [-0.1, -0.05) is 0 Å². The number of Topliss-reactive ketones (excluding diaryl/α,β-unsaturated/α-hetero) is 1. The van der Waals surface area contributed by atoms with E-state index in [0.717, 1.165) is 4.88 Å². The lowest BCUT2D eigenvalue weighted by Gasteiger charge is -2.30. The Hall–Kier alpha value is -2.23. The highest BCUT2D eigenvalue weighted by molar-refractivity contribution is 7.91. The third-order valence-corrected chi connectivity index (χ3v) is 8.14. The molecule has 2 heterocycles. The number of piperidine rings is 1. The van der Waals surface area contributed by atoms with Crippen LogP contribution in [0.3, 0.4) is 0 Å². The van der Waals surface area contributed by atoms with E-state index < -0.39 is 21.9 Å². The third-order valence-electron chi connectivity index (χ3n) is 4.81. The van der Waals surface area contributed by atoms with Gasteiger partial charge in [0.05, 0.1) is 13.0 Å². The van der Waals surface area contributed by atoms with Crippen LogP contribution in [0, 0.1) is 12.8 Å². The highest BCUT2D eigenvalue weighted by Gasteiger charge is 2.35. The van der Waals surface area contributed by atoms with Gasteiger partial charge in [0.15, 0.2) is 17.3 Å². The van der Waals surface area contributed by atoms with Crippen LogP contribution < -0.4 is 9.47 Å². The minimum atomic E-state index is -3.63. The molecule has 7 nitrogen and oxygen atoms in total. The maximum Gasteiger partial charge on any atom is 0.315 e. The van der Waals surface area contributed by atoms with Gasteiger partial charge in [-0.15, -0.1) is 11.3 Å². The number of rotatable bonds is 6. The van der Waals surface area contributed by atoms with Gasteiger partial charge in [-0.05, 0) is 57.0 Å². The number of methoxy groups -OCH3 is 1. The molecular weight excluding hydrogens is 414 g/mol. The highest BCUT2D eigenvalue weighted by Crippen LogP contribution is 2.32. The summed E-state index contributed by atoms with van der Waals surface area (Å²) in [7, 11) is -2.20. The largest absolute Gasteiger partial charge is 0.493 e. The number of carbonyl (C=O) groups excluding carboxylic acids is 2. The van der Waals surface area contributed by atoms with Crippen molar-refractivity contribution in [3.63, 3.8) is 0 Å². The Morgan fingerprint density at radius 1 is 1.17 bits per heavy atom. The number of hydrogen-bond donors (Lipinski definition) is 0. The molecule has 1 aromatic heterocycles. The van der Waals surface area contributed by atoms with Gasteiger partial charge in [-0.2, -0.15) is 4.31 Å². The maximum absolute atomic E-state index is 12.9. The summed E-state index contributed by atoms with van der Waals surface area (Å²) >= 11 is 1.22. The van der Waals surface area contributed by atoms with Crippen LogP contribution in [0.1, 0.15) is 35.0 Å². The van der Waals surface area contributed by atoms with Gasteiger partial charge in [0.25, 0.3) is 10.0 Å². The number of esters is 1. The first-order valence-electron chi connectivity index (χ1n) is 9.19. The van der Waals surface area contributed by atoms with Crippen LogP contribution in [0.4, 0.5) is 0 Å². The van der Waals surface area contributed by atoms with Gasteiger partial charge in [-0.25, -0.2) is 8.42 Å². The fraction of sp³-hybridized carbons (Fsp3) is 0.400. The molecule has 0 radical (unpaired) electrons. The van der Waals surface area contributed by atoms with Gasteiger partial charge in [0.2, 0.25) is 0 Å². The molecule has 0 bridgehead atoms. The molecule has 1 fully saturated rings. The summed E-state index contributed by atoms with van der Waals surface area (Å²) in [6, 6.07) is 7.95. The van der Waals surface area contributed by atoms with Crippen molar-refractivity contribution in [1.82, 2.24) is 4.31 Å². The summed E-state index contributed by atoms with van der Waals surface area (Å²) in [6.45, 7) is 3.74. The molecule has 0 amide bonds. The smallest absolute Gasteiger partial charge is 0.315 e. The summed E-state index contributed by atoms with van der Waals surface area (Å²) in [4.78, 5) is 25.1. The van der Waals surface area contributed by atoms with Crippen molar-refractivity contribution < 1.29 is 27.5 Å². The molecule has 1 atom stereocenters. The number of ketones is 1. The first-order chi connectivity index (χ1) is 13.7. The van der Waals surface area contributed by atoms with Gasteiger partial charge in [0, 0.05) is 23.5 Å². The van der Waals surface area contributed by atoms with Gasteiger partial charge >= 0.3 is 5.97 Å². The molecule has 9 heteroatoms. The Morgan fingerprint density at radius 2 is 1.93 bits per heavy atom. The van der Waals surface area contributed by atoms with E-state index in [0.29, 0.717) is 24.9 Å². The number of hydrogen-bond acceptors (Lipinski definition) is 7. The molecule has 2 aromatic rings. The van der Waals surface area contributed by atoms with Crippen molar-refractivity contribution in [2.24, 2.45) is 5.92 Å². The van der Waals surface area contributed by atoms with Crippen molar-refractivity contribution in [2.45, 2.75) is 30.9 Å². The summed E-state index contributed by atoms with van der Waals surface area (Å²) in [5, 5.41) is 0. The van der Waals surface area contributed by atoms with E-state index in [1.807, 2.05) is 6.92 Å². The minimum absolute atomic E-state index is 0.0754. The molecule has 156 valence electrons. The second-order valence-corrected chi connectivity index (χ2v) is 10.4. The van der Waals surface area contributed by atoms with Crippen molar-refractivity contribution in [3.05, 3.63) is 40.8 Å². The number of aryl methyl sites for hydroxylation is 1. The van der Waals surface area contributed by atoms with Crippen LogP contribution in [0.2, 0.25) is 0 Å². The predicted octanol–water partition coefficient (Wildman–Crippen LogP) is 3.27. The van der Waals surface area contributed by atoms with Crippen molar-refractivity contribution in [3.8, 4) is 11.5 Å². The molecule has 29 heavy (non-hydrogen) atoms. The van der Waals surface area contributed by atoms with Gasteiger partial charge < -0.3 is 9.47 Å². The molecule has 1 aliphatic heterocycles. The molecule has 0 N–H and O–H groups in total. The molecule has 3 rings (SSSR count). The minimum Gasteiger partial charge on any atom is -0.493 e. The Balaban J connectivity index is 1.74. The summed E-state index contributed by atoms with van der Waals surface area (Å²) in [6.07, 6.45) is 1.12. The SMILES string of the molecule is COc1cc(C(C)=O)ccc1OC(=O)[C@H]1CCCN(S(=O)(=O)c2ccc(C)s2)C1. The zero-order valence-electron chi connectivity index (χ0n) is 16.5. The number of sulfonamides is 1. The van der Waals surface area contributed by atoms with E-state index in [1.54, 1.807) is 18.2 Å². The lowest BCUT2D eigenvalue weighted by molar-refractivity contribution is -0.140. The highest BCUT2D eigenvalue weighted by atomic mass is 32.2. The van der Waals surface area contributed by atoms with E-state index >= 15 is 0 Å². The topological polar surface area (TPSA) is 90.0 Å². The van der Waals surface area contributed by atoms with Gasteiger partial charge in [0.1, 0.15) is 4.21 Å². The van der Waals surface area contributed by atoms with Crippen LogP contribution >= 0.6 is 11.3 Å². The summed E-state index contributed by atoms with van der Waals surface area (Å²) in [5.41, 5.74) is 0.447. The number of carbonyl (C=O) groups is 2. The molecule has 1 aliphatic rings. The Labute approximate surface area is 174 Å². The molecule has 0 saturated carbocycles. The van der Waals surface area contributed by atoms with Crippen LogP contribution in [-0.4, -0.2) is 44.7 Å². The van der Waals surface area contributed by atoms with E-state index in [2.05, 4.69) is 0 Å². The number of benzene rings is 1. The first kappa shape index (κ1) is 21.5. The summed E-state index contributed by atoms with van der Waals surface area (Å²) < 4.78 is 38.1. The molecular formula is C20H23NO6S2. The fourth-order valence-electron chi connectivity index (χ4n) is 3.19. The van der Waals surface area contributed by atoms with Crippen molar-refractivity contribution in [2.75, 3.05) is 20.2 Å². The standard InChI is InChI=1S/C20H23NO6S2/c1-13-6-9-19(28-13)29(24,25)21-10-4-5-16(12-21)20(23)27-17-8-7-15(14(2)22)11-18(17)26-3/h6-9,11,16H,4-5,10,12H2,1-3H3/t16-/m0/s1. The monoisotopic (exact) mass is 437 g/mol. The van der Waals surface area contributed by atoms with Crippen LogP contribution in [0.25, 0.3) is 0 Å². The van der Waals surface area contributed by atoms with E-state index in [9.17, 15) is 18.0 Å². The van der Waals surface area contributed by atoms with Crippen molar-refractivity contribution >= 4 is 33.1 Å². The second-order valence-electron chi connectivity index (χ2n) is 6.91. The predicted molar refractivity (Wildman–Crippen MR) is 109 cm³/mol. The van der Waals surface area contributed by atoms with Crippen LogP contribution in [0.15, 0.2) is 34.5 Å². The van der Waals surface area contributed by atoms with E-state index in [-0.39, 0.29) is 28.0 Å². The quantitative estimate of drug-likeness (QED) is 0.391. The lowest BCUT2D eigenvalue weighted by atomic mass is 10.00. The number of ether oxygens (including phenoxy) is 2. The van der Waals surface area contributed by atoms with E-state index in [4.69, 9.17) is 9.47 Å². The third kappa shape index (κ3) is 4.68. The Bertz CT molecular complexity index is 1030. The van der Waals surface area contributed by atoms with Crippen molar-refractivity contribution in [1.29, 1.82) is 0 Å². The maximum atomic E-state index is 12.9. The fourth-order valence-corrected chi connectivity index (χ4v) is 6.16. The normalized spacial score (nSPS) is 17.7. The zero-order valence-corrected chi connectivity index (χ0v) is 18.1. The average Bonchev–Trinajstić information content (AvgIpc) is 3.15. The Kier molecular flexibility index (Phi) is 6.40. The summed E-state index contributed by atoms with van der Waals surface area (Å²) in [5.74, 6) is -0.729. The molecule has 0 spiro atoms. The zero-order chi connectivity index (χ0) is 21.2. The van der Waals surface area contributed by atoms with Crippen LogP contribution in [0.5, 0.6) is 11.5 Å².